The smallest absolute Gasteiger partial charge is 0.188 e. The van der Waals surface area contributed by atoms with Crippen LogP contribution in [0.4, 0.5) is 0 Å². The lowest BCUT2D eigenvalue weighted by Crippen LogP contribution is -2.71. The monoisotopic (exact) mass is 237 g/mol. The molecule has 0 spiro atoms. The van der Waals surface area contributed by atoms with Gasteiger partial charge in [-0.1, -0.05) is 0 Å². The van der Waals surface area contributed by atoms with Crippen LogP contribution in [0.3, 0.4) is 0 Å². The molecule has 4 N–H and O–H groups in total. The van der Waals surface area contributed by atoms with Gasteiger partial charge in [-0.2, -0.15) is 0 Å². The van der Waals surface area contributed by atoms with E-state index in [9.17, 15) is 20.4 Å². The van der Waals surface area contributed by atoms with Gasteiger partial charge in [0.05, 0.1) is 6.61 Å². The zero-order valence-electron chi connectivity index (χ0n) is 9.57. The maximum absolute atomic E-state index is 9.85. The molecular formula is C9H19NO6. The van der Waals surface area contributed by atoms with Gasteiger partial charge in [-0.15, -0.1) is 0 Å². The average Bonchev–Trinajstić information content (AvgIpc) is 2.27. The van der Waals surface area contributed by atoms with E-state index < -0.39 is 36.9 Å². The van der Waals surface area contributed by atoms with E-state index in [0.29, 0.717) is 0 Å². The molecule has 0 aromatic carbocycles. The van der Waals surface area contributed by atoms with E-state index in [1.165, 1.54) is 12.0 Å². The number of hydrogen-bond donors (Lipinski definition) is 4. The van der Waals surface area contributed by atoms with Crippen LogP contribution >= 0.6 is 0 Å². The van der Waals surface area contributed by atoms with Crippen LogP contribution in [0, 0.1) is 0 Å². The Hall–Kier alpha value is -0.280. The molecule has 96 valence electrons. The molecule has 7 nitrogen and oxygen atoms in total. The summed E-state index contributed by atoms with van der Waals surface area (Å²) in [5.41, 5.74) is -1.49. The van der Waals surface area contributed by atoms with Crippen LogP contribution in [0.25, 0.3) is 0 Å². The molecule has 0 radical (unpaired) electrons. The Morgan fingerprint density at radius 3 is 2.19 bits per heavy atom. The van der Waals surface area contributed by atoms with Gasteiger partial charge in [0.25, 0.3) is 0 Å². The van der Waals surface area contributed by atoms with Crippen molar-refractivity contribution in [3.05, 3.63) is 0 Å². The van der Waals surface area contributed by atoms with Gasteiger partial charge in [0.15, 0.2) is 12.0 Å². The second kappa shape index (κ2) is 4.92. The van der Waals surface area contributed by atoms with E-state index in [2.05, 4.69) is 0 Å². The molecule has 1 heterocycles. The zero-order valence-corrected chi connectivity index (χ0v) is 9.57. The van der Waals surface area contributed by atoms with Gasteiger partial charge in [-0.05, 0) is 14.1 Å². The van der Waals surface area contributed by atoms with Crippen molar-refractivity contribution >= 4 is 0 Å². The molecule has 0 aromatic heterocycles. The summed E-state index contributed by atoms with van der Waals surface area (Å²) in [7, 11) is 4.46. The van der Waals surface area contributed by atoms with E-state index in [-0.39, 0.29) is 0 Å². The normalized spacial score (nSPS) is 45.0. The van der Waals surface area contributed by atoms with Crippen molar-refractivity contribution < 1.29 is 29.9 Å². The molecule has 5 atom stereocenters. The van der Waals surface area contributed by atoms with E-state index >= 15 is 0 Å². The molecular weight excluding hydrogens is 218 g/mol. The number of ether oxygens (including phenoxy) is 2. The summed E-state index contributed by atoms with van der Waals surface area (Å²) in [5, 5.41) is 38.4. The van der Waals surface area contributed by atoms with E-state index in [1.54, 1.807) is 14.1 Å². The first-order chi connectivity index (χ1) is 7.40. The largest absolute Gasteiger partial charge is 0.392 e. The fourth-order valence-electron chi connectivity index (χ4n) is 1.78. The zero-order chi connectivity index (χ0) is 12.5. The lowest BCUT2D eigenvalue weighted by atomic mass is 9.93. The third-order valence-electron chi connectivity index (χ3n) is 2.95. The van der Waals surface area contributed by atoms with Crippen molar-refractivity contribution in [3.8, 4) is 0 Å². The van der Waals surface area contributed by atoms with E-state index in [4.69, 9.17) is 9.47 Å². The summed E-state index contributed by atoms with van der Waals surface area (Å²) >= 11 is 0. The van der Waals surface area contributed by atoms with Crippen LogP contribution in [0.2, 0.25) is 0 Å². The molecule has 1 aliphatic heterocycles. The van der Waals surface area contributed by atoms with Crippen LogP contribution in [0.15, 0.2) is 0 Å². The van der Waals surface area contributed by atoms with Gasteiger partial charge >= 0.3 is 0 Å². The minimum Gasteiger partial charge on any atom is -0.392 e. The lowest BCUT2D eigenvalue weighted by Gasteiger charge is -2.50. The molecule has 0 aromatic rings. The predicted molar refractivity (Wildman–Crippen MR) is 53.4 cm³/mol. The maximum atomic E-state index is 9.85. The van der Waals surface area contributed by atoms with E-state index in [1.807, 2.05) is 0 Å². The maximum Gasteiger partial charge on any atom is 0.188 e. The van der Waals surface area contributed by atoms with Gasteiger partial charge < -0.3 is 29.9 Å². The molecule has 1 saturated heterocycles. The van der Waals surface area contributed by atoms with Gasteiger partial charge in [-0.3, -0.25) is 4.90 Å². The summed E-state index contributed by atoms with van der Waals surface area (Å²) < 4.78 is 10.2. The Bertz CT molecular complexity index is 236. The average molecular weight is 237 g/mol. The number of aliphatic hydroxyl groups is 4. The second-order valence-electron chi connectivity index (χ2n) is 4.05. The minimum atomic E-state index is -1.49. The van der Waals surface area contributed by atoms with Crippen molar-refractivity contribution in [1.29, 1.82) is 0 Å². The summed E-state index contributed by atoms with van der Waals surface area (Å²) in [6.07, 6.45) is -5.35. The van der Waals surface area contributed by atoms with Crippen LogP contribution in [0.5, 0.6) is 0 Å². The predicted octanol–water partition coefficient (Wildman–Crippen LogP) is -2.68. The van der Waals surface area contributed by atoms with Gasteiger partial charge in [0.1, 0.15) is 18.3 Å². The summed E-state index contributed by atoms with van der Waals surface area (Å²) in [6, 6.07) is 0. The summed E-state index contributed by atoms with van der Waals surface area (Å²) in [6.45, 7) is -0.537. The van der Waals surface area contributed by atoms with Crippen LogP contribution in [-0.2, 0) is 9.47 Å². The van der Waals surface area contributed by atoms with Crippen molar-refractivity contribution in [2.45, 2.75) is 30.3 Å². The number of likely N-dealkylation sites (N-methyl/N-ethyl adjacent to an activating group) is 1. The molecule has 0 bridgehead atoms. The third kappa shape index (κ3) is 1.95. The van der Waals surface area contributed by atoms with Crippen LogP contribution in [-0.4, -0.2) is 83.5 Å². The Morgan fingerprint density at radius 2 is 1.81 bits per heavy atom. The van der Waals surface area contributed by atoms with Crippen LogP contribution in [0.1, 0.15) is 0 Å². The van der Waals surface area contributed by atoms with Crippen molar-refractivity contribution in [3.63, 3.8) is 0 Å². The van der Waals surface area contributed by atoms with Crippen molar-refractivity contribution in [2.75, 3.05) is 27.8 Å². The molecule has 1 rings (SSSR count). The Kier molecular flexibility index (Phi) is 4.24. The highest BCUT2D eigenvalue weighted by atomic mass is 16.7. The fraction of sp³-hybridized carbons (Fsp3) is 1.00. The standard InChI is InChI=1S/C9H19NO6/c1-10(2)9(4-11)7(14)5(12)6(13)8(15-3)16-9/h5-8,11-14H,4H2,1-3H3/t5-,6-,7+,8-,9?/m0/s1. The van der Waals surface area contributed by atoms with Crippen molar-refractivity contribution in [2.24, 2.45) is 0 Å². The number of nitrogens with zero attached hydrogens (tertiary/aromatic N) is 1. The van der Waals surface area contributed by atoms with Crippen LogP contribution < -0.4 is 0 Å². The molecule has 0 aliphatic carbocycles. The van der Waals surface area contributed by atoms with Gasteiger partial charge in [0, 0.05) is 7.11 Å². The highest BCUT2D eigenvalue weighted by molar-refractivity contribution is 4.98. The fourth-order valence-corrected chi connectivity index (χ4v) is 1.78. The Morgan fingerprint density at radius 1 is 1.25 bits per heavy atom. The first kappa shape index (κ1) is 13.8. The number of aliphatic hydroxyl groups excluding tert-OH is 4. The lowest BCUT2D eigenvalue weighted by molar-refractivity contribution is -0.364. The van der Waals surface area contributed by atoms with E-state index in [0.717, 1.165) is 0 Å². The van der Waals surface area contributed by atoms with Crippen molar-refractivity contribution in [1.82, 2.24) is 4.90 Å². The second-order valence-corrected chi connectivity index (χ2v) is 4.05. The number of hydrogen-bond acceptors (Lipinski definition) is 7. The molecule has 1 fully saturated rings. The SMILES string of the molecule is CO[C@H]1OC(CO)(N(C)C)[C@H](O)[C@@H](O)[C@@H]1O. The summed E-state index contributed by atoms with van der Waals surface area (Å²) in [5.74, 6) is 0. The number of rotatable bonds is 3. The highest BCUT2D eigenvalue weighted by Crippen LogP contribution is 2.31. The first-order valence-electron chi connectivity index (χ1n) is 4.93. The quantitative estimate of drug-likeness (QED) is 0.424. The molecule has 0 amide bonds. The minimum absolute atomic E-state index is 0.537. The van der Waals surface area contributed by atoms with Gasteiger partial charge in [-0.25, -0.2) is 0 Å². The molecule has 7 heteroatoms. The third-order valence-corrected chi connectivity index (χ3v) is 2.95. The first-order valence-corrected chi connectivity index (χ1v) is 4.93. The Balaban J connectivity index is 3.01. The Labute approximate surface area is 93.8 Å². The molecule has 0 saturated carbocycles. The molecule has 16 heavy (non-hydrogen) atoms. The number of methoxy groups -OCH3 is 1. The topological polar surface area (TPSA) is 103 Å². The molecule has 1 aliphatic rings. The summed E-state index contributed by atoms with van der Waals surface area (Å²) in [4.78, 5) is 1.43. The molecule has 1 unspecified atom stereocenters. The van der Waals surface area contributed by atoms with Gasteiger partial charge in [0.2, 0.25) is 0 Å². The highest BCUT2D eigenvalue weighted by Gasteiger charge is 2.55.